The molecule has 21 heavy (non-hydrogen) atoms. The molecule has 2 heterocycles. The van der Waals surface area contributed by atoms with E-state index >= 15 is 0 Å². The molecule has 3 aromatic rings. The van der Waals surface area contributed by atoms with Crippen LogP contribution in [0.1, 0.15) is 15.9 Å². The molecule has 1 aromatic carbocycles. The second-order valence-electron chi connectivity index (χ2n) is 4.29. The molecule has 0 bridgehead atoms. The Labute approximate surface area is 123 Å². The van der Waals surface area contributed by atoms with E-state index in [0.717, 1.165) is 0 Å². The van der Waals surface area contributed by atoms with Gasteiger partial charge in [0.15, 0.2) is 11.5 Å². The first-order valence-electron chi connectivity index (χ1n) is 5.88. The number of hydrogen-bond acceptors (Lipinski definition) is 4. The minimum atomic E-state index is -1.08. The molecule has 0 saturated carbocycles. The second kappa shape index (κ2) is 4.89. The molecule has 0 radical (unpaired) electrons. The fourth-order valence-corrected chi connectivity index (χ4v) is 2.21. The Morgan fingerprint density at radius 2 is 2.00 bits per heavy atom. The zero-order chi connectivity index (χ0) is 15.0. The zero-order valence-electron chi connectivity index (χ0n) is 10.5. The van der Waals surface area contributed by atoms with Crippen molar-refractivity contribution in [2.45, 2.75) is 0 Å². The maximum atomic E-state index is 11.1. The van der Waals surface area contributed by atoms with E-state index < -0.39 is 5.97 Å². The van der Waals surface area contributed by atoms with Gasteiger partial charge in [-0.2, -0.15) is 5.26 Å². The van der Waals surface area contributed by atoms with E-state index in [0.29, 0.717) is 22.6 Å². The highest BCUT2D eigenvalue weighted by molar-refractivity contribution is 6.33. The first kappa shape index (κ1) is 13.1. The highest BCUT2D eigenvalue weighted by Gasteiger charge is 2.14. The Morgan fingerprint density at radius 3 is 2.62 bits per heavy atom. The Hall–Kier alpha value is -2.91. The number of carbonyl (C=O) groups is 1. The van der Waals surface area contributed by atoms with Gasteiger partial charge in [0, 0.05) is 11.8 Å². The van der Waals surface area contributed by atoms with Gasteiger partial charge in [0.2, 0.25) is 0 Å². The molecule has 0 saturated heterocycles. The number of halogens is 1. The number of fused-ring (bicyclic) bond motifs is 1. The van der Waals surface area contributed by atoms with Crippen LogP contribution in [0.2, 0.25) is 5.02 Å². The molecule has 0 spiro atoms. The minimum Gasteiger partial charge on any atom is -0.478 e. The molecule has 0 atom stereocenters. The molecule has 0 amide bonds. The van der Waals surface area contributed by atoms with Crippen LogP contribution in [0.3, 0.4) is 0 Å². The topological polar surface area (TPSA) is 91.3 Å². The van der Waals surface area contributed by atoms with Crippen molar-refractivity contribution >= 4 is 23.2 Å². The van der Waals surface area contributed by atoms with Crippen molar-refractivity contribution in [2.24, 2.45) is 0 Å². The summed E-state index contributed by atoms with van der Waals surface area (Å²) in [5.74, 6) is -0.627. The van der Waals surface area contributed by atoms with Gasteiger partial charge in [-0.3, -0.25) is 4.40 Å². The van der Waals surface area contributed by atoms with Gasteiger partial charge < -0.3 is 5.11 Å². The number of nitriles is 1. The summed E-state index contributed by atoms with van der Waals surface area (Å²) in [5, 5.41) is 26.1. The minimum absolute atomic E-state index is 0.0437. The number of carboxylic acid groups (broad SMARTS) is 1. The fraction of sp³-hybridized carbons (Fsp3) is 0. The molecular weight excluding hydrogens is 292 g/mol. The van der Waals surface area contributed by atoms with Crippen LogP contribution in [0.25, 0.3) is 17.0 Å². The van der Waals surface area contributed by atoms with Crippen molar-refractivity contribution in [2.75, 3.05) is 0 Å². The summed E-state index contributed by atoms with van der Waals surface area (Å²) in [7, 11) is 0. The van der Waals surface area contributed by atoms with E-state index in [1.54, 1.807) is 24.3 Å². The lowest BCUT2D eigenvalue weighted by Crippen LogP contribution is -2.00. The van der Waals surface area contributed by atoms with Gasteiger partial charge in [0.1, 0.15) is 0 Å². The Kier molecular flexibility index (Phi) is 3.05. The van der Waals surface area contributed by atoms with Crippen molar-refractivity contribution in [3.05, 3.63) is 52.7 Å². The Morgan fingerprint density at radius 1 is 1.29 bits per heavy atom. The lowest BCUT2D eigenvalue weighted by molar-refractivity contribution is 0.0696. The smallest absolute Gasteiger partial charge is 0.337 e. The van der Waals surface area contributed by atoms with Crippen LogP contribution in [0, 0.1) is 11.3 Å². The standard InChI is InChI=1S/C14H7ClN4O2/c15-11-5-10(14(20)21)7-19-12(17-18-13(11)19)9-3-1-8(6-16)2-4-9/h1-5,7H,(H,20,21). The van der Waals surface area contributed by atoms with E-state index in [1.165, 1.54) is 16.7 Å². The number of aromatic carboxylic acids is 1. The molecule has 0 unspecified atom stereocenters. The molecule has 102 valence electrons. The second-order valence-corrected chi connectivity index (χ2v) is 4.70. The summed E-state index contributed by atoms with van der Waals surface area (Å²) in [6.07, 6.45) is 1.41. The predicted octanol–water partition coefficient (Wildman–Crippen LogP) is 2.62. The number of benzene rings is 1. The van der Waals surface area contributed by atoms with E-state index in [1.807, 2.05) is 6.07 Å². The summed E-state index contributed by atoms with van der Waals surface area (Å²) < 4.78 is 1.52. The van der Waals surface area contributed by atoms with Crippen LogP contribution in [0.4, 0.5) is 0 Å². The number of carboxylic acids is 1. The van der Waals surface area contributed by atoms with E-state index in [-0.39, 0.29) is 10.6 Å². The maximum Gasteiger partial charge on any atom is 0.337 e. The zero-order valence-corrected chi connectivity index (χ0v) is 11.2. The summed E-state index contributed by atoms with van der Waals surface area (Å²) in [6, 6.07) is 10.1. The SMILES string of the molecule is N#Cc1ccc(-c2nnc3c(Cl)cc(C(=O)O)cn23)cc1. The lowest BCUT2D eigenvalue weighted by atomic mass is 10.1. The molecule has 3 rings (SSSR count). The van der Waals surface area contributed by atoms with Gasteiger partial charge in [0.05, 0.1) is 22.2 Å². The highest BCUT2D eigenvalue weighted by atomic mass is 35.5. The van der Waals surface area contributed by atoms with Crippen LogP contribution < -0.4 is 0 Å². The first-order valence-corrected chi connectivity index (χ1v) is 6.26. The number of hydrogen-bond donors (Lipinski definition) is 1. The molecule has 2 aromatic heterocycles. The van der Waals surface area contributed by atoms with Crippen LogP contribution >= 0.6 is 11.6 Å². The first-order chi connectivity index (χ1) is 10.1. The van der Waals surface area contributed by atoms with Gasteiger partial charge in [-0.25, -0.2) is 4.79 Å². The third-order valence-electron chi connectivity index (χ3n) is 2.98. The van der Waals surface area contributed by atoms with Gasteiger partial charge in [0.25, 0.3) is 0 Å². The van der Waals surface area contributed by atoms with E-state index in [9.17, 15) is 4.79 Å². The van der Waals surface area contributed by atoms with Gasteiger partial charge in [-0.1, -0.05) is 11.6 Å². The van der Waals surface area contributed by atoms with Crippen molar-refractivity contribution < 1.29 is 9.90 Å². The van der Waals surface area contributed by atoms with Gasteiger partial charge >= 0.3 is 5.97 Å². The third kappa shape index (κ3) is 2.20. The molecule has 0 aliphatic rings. The normalized spacial score (nSPS) is 10.5. The molecule has 1 N–H and O–H groups in total. The monoisotopic (exact) mass is 298 g/mol. The van der Waals surface area contributed by atoms with Gasteiger partial charge in [-0.05, 0) is 30.3 Å². The highest BCUT2D eigenvalue weighted by Crippen LogP contribution is 2.24. The van der Waals surface area contributed by atoms with Crippen LogP contribution in [0.15, 0.2) is 36.5 Å². The van der Waals surface area contributed by atoms with E-state index in [4.69, 9.17) is 22.0 Å². The fourth-order valence-electron chi connectivity index (χ4n) is 1.96. The molecular formula is C14H7ClN4O2. The maximum absolute atomic E-state index is 11.1. The quantitative estimate of drug-likeness (QED) is 0.785. The number of pyridine rings is 1. The largest absolute Gasteiger partial charge is 0.478 e. The summed E-state index contributed by atoms with van der Waals surface area (Å²) in [6.45, 7) is 0. The average molecular weight is 299 g/mol. The van der Waals surface area contributed by atoms with Crippen LogP contribution in [-0.4, -0.2) is 25.7 Å². The molecule has 0 aliphatic carbocycles. The summed E-state index contributed by atoms with van der Waals surface area (Å²) in [4.78, 5) is 11.1. The average Bonchev–Trinajstić information content (AvgIpc) is 2.91. The Balaban J connectivity index is 2.23. The third-order valence-corrected chi connectivity index (χ3v) is 3.26. The van der Waals surface area contributed by atoms with Crippen molar-refractivity contribution in [1.82, 2.24) is 14.6 Å². The Bertz CT molecular complexity index is 894. The van der Waals surface area contributed by atoms with Crippen molar-refractivity contribution in [3.63, 3.8) is 0 Å². The molecule has 0 fully saturated rings. The summed E-state index contributed by atoms with van der Waals surface area (Å²) >= 11 is 6.03. The predicted molar refractivity (Wildman–Crippen MR) is 75.1 cm³/mol. The number of rotatable bonds is 2. The number of nitrogens with zero attached hydrogens (tertiary/aromatic N) is 4. The number of aromatic nitrogens is 3. The molecule has 6 nitrogen and oxygen atoms in total. The van der Waals surface area contributed by atoms with E-state index in [2.05, 4.69) is 10.2 Å². The van der Waals surface area contributed by atoms with Gasteiger partial charge in [-0.15, -0.1) is 10.2 Å². The van der Waals surface area contributed by atoms with Crippen LogP contribution in [-0.2, 0) is 0 Å². The van der Waals surface area contributed by atoms with Crippen LogP contribution in [0.5, 0.6) is 0 Å². The summed E-state index contributed by atoms with van der Waals surface area (Å²) in [5.41, 5.74) is 1.65. The van der Waals surface area contributed by atoms with Crippen molar-refractivity contribution in [3.8, 4) is 17.5 Å². The molecule has 0 aliphatic heterocycles. The lowest BCUT2D eigenvalue weighted by Gasteiger charge is -2.03. The molecule has 7 heteroatoms. The van der Waals surface area contributed by atoms with Crippen molar-refractivity contribution in [1.29, 1.82) is 5.26 Å².